The van der Waals surface area contributed by atoms with Crippen LogP contribution in [0.25, 0.3) is 22.2 Å². The summed E-state index contributed by atoms with van der Waals surface area (Å²) >= 11 is 0. The normalized spacial score (nSPS) is 22.2. The van der Waals surface area contributed by atoms with Gasteiger partial charge in [-0.15, -0.1) is 0 Å². The summed E-state index contributed by atoms with van der Waals surface area (Å²) in [5.74, 6) is 1.61. The zero-order chi connectivity index (χ0) is 19.6. The highest BCUT2D eigenvalue weighted by Crippen LogP contribution is 2.33. The van der Waals surface area contributed by atoms with Gasteiger partial charge in [-0.3, -0.25) is 0 Å². The summed E-state index contributed by atoms with van der Waals surface area (Å²) < 4.78 is 6.07. The van der Waals surface area contributed by atoms with Crippen molar-refractivity contribution in [3.05, 3.63) is 48.2 Å². The van der Waals surface area contributed by atoms with E-state index in [9.17, 15) is 5.26 Å². The third kappa shape index (κ3) is 3.49. The number of rotatable bonds is 4. The van der Waals surface area contributed by atoms with E-state index in [0.29, 0.717) is 29.4 Å². The van der Waals surface area contributed by atoms with Gasteiger partial charge in [-0.1, -0.05) is 42.8 Å². The van der Waals surface area contributed by atoms with Crippen LogP contribution in [0.2, 0.25) is 0 Å². The Balaban J connectivity index is 1.39. The summed E-state index contributed by atoms with van der Waals surface area (Å²) in [7, 11) is 0. The van der Waals surface area contributed by atoms with Crippen LogP contribution in [0, 0.1) is 17.2 Å². The average molecular weight is 386 g/mol. The molecule has 148 valence electrons. The third-order valence-electron chi connectivity index (χ3n) is 6.51. The monoisotopic (exact) mass is 386 g/mol. The van der Waals surface area contributed by atoms with Gasteiger partial charge in [-0.2, -0.15) is 10.2 Å². The Morgan fingerprint density at radius 1 is 1.07 bits per heavy atom. The first kappa shape index (κ1) is 18.2. The molecule has 0 unspecified atom stereocenters. The maximum Gasteiger partial charge on any atom is 0.232 e. The van der Waals surface area contributed by atoms with Crippen LogP contribution in [0.4, 0.5) is 5.88 Å². The van der Waals surface area contributed by atoms with Crippen LogP contribution in [0.1, 0.15) is 37.8 Å². The molecule has 0 bridgehead atoms. The van der Waals surface area contributed by atoms with E-state index < -0.39 is 0 Å². The molecule has 3 aromatic rings. The second-order valence-corrected chi connectivity index (χ2v) is 8.22. The van der Waals surface area contributed by atoms with Gasteiger partial charge < -0.3 is 14.6 Å². The molecule has 0 aliphatic carbocycles. The Kier molecular flexibility index (Phi) is 4.95. The van der Waals surface area contributed by atoms with Crippen molar-refractivity contribution < 1.29 is 4.42 Å². The van der Waals surface area contributed by atoms with Gasteiger partial charge in [-0.05, 0) is 61.5 Å². The molecule has 5 nitrogen and oxygen atoms in total. The van der Waals surface area contributed by atoms with Crippen LogP contribution >= 0.6 is 0 Å². The fourth-order valence-electron chi connectivity index (χ4n) is 5.08. The van der Waals surface area contributed by atoms with E-state index in [2.05, 4.69) is 39.5 Å². The highest BCUT2D eigenvalue weighted by molar-refractivity contribution is 5.94. The van der Waals surface area contributed by atoms with Crippen molar-refractivity contribution in [2.75, 3.05) is 25.0 Å². The Labute approximate surface area is 171 Å². The number of benzene rings is 2. The zero-order valence-corrected chi connectivity index (χ0v) is 16.6. The lowest BCUT2D eigenvalue weighted by Gasteiger charge is -2.44. The number of oxazole rings is 1. The second kappa shape index (κ2) is 7.88. The van der Waals surface area contributed by atoms with Gasteiger partial charge in [0.25, 0.3) is 0 Å². The maximum absolute atomic E-state index is 9.60. The van der Waals surface area contributed by atoms with E-state index in [1.807, 2.05) is 24.3 Å². The Hall–Kier alpha value is -2.84. The number of hydrogen-bond acceptors (Lipinski definition) is 5. The summed E-state index contributed by atoms with van der Waals surface area (Å²) in [6.07, 6.45) is 6.43. The van der Waals surface area contributed by atoms with E-state index >= 15 is 0 Å². The minimum absolute atomic E-state index is 0.337. The van der Waals surface area contributed by atoms with Crippen molar-refractivity contribution in [1.82, 2.24) is 9.88 Å². The predicted octanol–water partition coefficient (Wildman–Crippen LogP) is 5.04. The molecule has 1 aromatic heterocycles. The summed E-state index contributed by atoms with van der Waals surface area (Å²) in [5.41, 5.74) is 1.26. The molecule has 2 fully saturated rings. The Morgan fingerprint density at radius 3 is 2.86 bits per heavy atom. The minimum atomic E-state index is 0.337. The fraction of sp³-hybridized carbons (Fsp3) is 0.417. The lowest BCUT2D eigenvalue weighted by molar-refractivity contribution is 0.0647. The standard InChI is InChI=1S/C24H26N4O/c25-15-21-24(26-16-18-9-6-14-28-13-4-3-12-22(18)28)29-23(27-21)20-11-5-8-17-7-1-2-10-19(17)20/h1-2,5,7-8,10-11,18,22,26H,3-4,6,9,12-14,16H2/t18-,22-/m0/s1. The Morgan fingerprint density at radius 2 is 1.93 bits per heavy atom. The summed E-state index contributed by atoms with van der Waals surface area (Å²) in [6.45, 7) is 3.30. The molecule has 3 heterocycles. The van der Waals surface area contributed by atoms with Crippen molar-refractivity contribution in [3.63, 3.8) is 0 Å². The molecule has 0 radical (unpaired) electrons. The lowest BCUT2D eigenvalue weighted by atomic mass is 9.83. The Bertz CT molecular complexity index is 1040. The van der Waals surface area contributed by atoms with Crippen molar-refractivity contribution in [1.29, 1.82) is 5.26 Å². The largest absolute Gasteiger partial charge is 0.419 e. The van der Waals surface area contributed by atoms with Crippen LogP contribution in [0.5, 0.6) is 0 Å². The highest BCUT2D eigenvalue weighted by Gasteiger charge is 2.33. The van der Waals surface area contributed by atoms with Crippen molar-refractivity contribution in [3.8, 4) is 17.5 Å². The van der Waals surface area contributed by atoms with E-state index in [0.717, 1.165) is 22.9 Å². The molecular weight excluding hydrogens is 360 g/mol. The summed E-state index contributed by atoms with van der Waals surface area (Å²) in [5, 5.41) is 15.2. The van der Waals surface area contributed by atoms with Crippen LogP contribution in [-0.4, -0.2) is 35.6 Å². The molecule has 29 heavy (non-hydrogen) atoms. The topological polar surface area (TPSA) is 65.1 Å². The van der Waals surface area contributed by atoms with Gasteiger partial charge >= 0.3 is 0 Å². The zero-order valence-electron chi connectivity index (χ0n) is 16.6. The number of nitriles is 1. The van der Waals surface area contributed by atoms with Gasteiger partial charge in [0.2, 0.25) is 17.5 Å². The number of piperidine rings is 2. The first-order valence-corrected chi connectivity index (χ1v) is 10.7. The first-order valence-electron chi connectivity index (χ1n) is 10.7. The van der Waals surface area contributed by atoms with E-state index in [1.165, 1.54) is 45.2 Å². The fourth-order valence-corrected chi connectivity index (χ4v) is 5.08. The highest BCUT2D eigenvalue weighted by atomic mass is 16.4. The molecule has 2 atom stereocenters. The van der Waals surface area contributed by atoms with Gasteiger partial charge in [0.05, 0.1) is 0 Å². The van der Waals surface area contributed by atoms with Crippen molar-refractivity contribution in [2.24, 2.45) is 5.92 Å². The molecule has 2 aliphatic rings. The molecule has 5 rings (SSSR count). The summed E-state index contributed by atoms with van der Waals surface area (Å²) in [4.78, 5) is 7.15. The van der Waals surface area contributed by atoms with E-state index in [1.54, 1.807) is 0 Å². The van der Waals surface area contributed by atoms with E-state index in [-0.39, 0.29) is 0 Å². The van der Waals surface area contributed by atoms with Crippen molar-refractivity contribution in [2.45, 2.75) is 38.1 Å². The van der Waals surface area contributed by atoms with Gasteiger partial charge in [0.1, 0.15) is 6.07 Å². The molecule has 1 N–H and O–H groups in total. The van der Waals surface area contributed by atoms with Gasteiger partial charge in [0.15, 0.2) is 0 Å². The average Bonchev–Trinajstić information content (AvgIpc) is 3.20. The molecular formula is C24H26N4O. The number of nitrogens with zero attached hydrogens (tertiary/aromatic N) is 3. The molecule has 5 heteroatoms. The number of nitrogens with one attached hydrogen (secondary N) is 1. The molecule has 2 aliphatic heterocycles. The van der Waals surface area contributed by atoms with Crippen LogP contribution in [0.15, 0.2) is 46.9 Å². The molecule has 0 spiro atoms. The quantitative estimate of drug-likeness (QED) is 0.680. The smallest absolute Gasteiger partial charge is 0.232 e. The molecule has 2 aromatic carbocycles. The van der Waals surface area contributed by atoms with Gasteiger partial charge in [-0.25, -0.2) is 0 Å². The number of anilines is 1. The molecule has 0 amide bonds. The number of hydrogen-bond donors (Lipinski definition) is 1. The molecule has 0 saturated carbocycles. The predicted molar refractivity (Wildman–Crippen MR) is 115 cm³/mol. The molecule has 2 saturated heterocycles. The van der Waals surface area contributed by atoms with E-state index in [4.69, 9.17) is 4.42 Å². The second-order valence-electron chi connectivity index (χ2n) is 8.22. The summed E-state index contributed by atoms with van der Waals surface area (Å²) in [6, 6.07) is 17.1. The number of aromatic nitrogens is 1. The first-order chi connectivity index (χ1) is 14.3. The maximum atomic E-state index is 9.60. The van der Waals surface area contributed by atoms with Crippen LogP contribution < -0.4 is 5.32 Å². The van der Waals surface area contributed by atoms with Crippen LogP contribution in [0.3, 0.4) is 0 Å². The minimum Gasteiger partial charge on any atom is -0.419 e. The SMILES string of the molecule is N#Cc1nc(-c2cccc3ccccc23)oc1NC[C@@H]1CCCN2CCCC[C@@H]12. The number of fused-ring (bicyclic) bond motifs is 2. The lowest BCUT2D eigenvalue weighted by Crippen LogP contribution is -2.49. The third-order valence-corrected chi connectivity index (χ3v) is 6.51. The van der Waals surface area contributed by atoms with Crippen LogP contribution in [-0.2, 0) is 0 Å². The van der Waals surface area contributed by atoms with Crippen molar-refractivity contribution >= 4 is 16.7 Å². The van der Waals surface area contributed by atoms with Gasteiger partial charge in [0, 0.05) is 18.2 Å².